The van der Waals surface area contributed by atoms with E-state index in [1.165, 1.54) is 7.11 Å². The van der Waals surface area contributed by atoms with E-state index in [1.54, 1.807) is 36.4 Å². The van der Waals surface area contributed by atoms with E-state index in [2.05, 4.69) is 5.32 Å². The largest absolute Gasteiger partial charge is 0.495 e. The number of carbonyl (C=O) groups excluding carboxylic acids is 1. The number of carbonyl (C=O) groups is 1. The van der Waals surface area contributed by atoms with Crippen molar-refractivity contribution in [2.24, 2.45) is 0 Å². The number of anilines is 1. The summed E-state index contributed by atoms with van der Waals surface area (Å²) in [7, 11) is 1.48. The smallest absolute Gasteiger partial charge is 0.255 e. The number of rotatable bonds is 3. The fraction of sp³-hybridized carbons (Fsp3) is 0.125. The van der Waals surface area contributed by atoms with Crippen molar-refractivity contribution in [2.45, 2.75) is 6.92 Å². The third-order valence-corrected chi connectivity index (χ3v) is 3.10. The molecule has 5 heteroatoms. The number of benzene rings is 2. The summed E-state index contributed by atoms with van der Waals surface area (Å²) in [5.74, 6) is 0.143. The second kappa shape index (κ2) is 6.29. The van der Waals surface area contributed by atoms with Crippen molar-refractivity contribution in [3.05, 3.63) is 58.1 Å². The topological polar surface area (TPSA) is 62.1 Å². The zero-order chi connectivity index (χ0) is 15.4. The van der Waals surface area contributed by atoms with Gasteiger partial charge in [-0.1, -0.05) is 11.6 Å². The van der Waals surface area contributed by atoms with E-state index < -0.39 is 0 Å². The van der Waals surface area contributed by atoms with Crippen molar-refractivity contribution in [3.63, 3.8) is 0 Å². The molecule has 0 heterocycles. The molecule has 2 aromatic rings. The Balaban J connectivity index is 2.29. The van der Waals surface area contributed by atoms with E-state index in [-0.39, 0.29) is 5.91 Å². The van der Waals surface area contributed by atoms with Crippen LogP contribution < -0.4 is 10.1 Å². The molecule has 0 saturated carbocycles. The van der Waals surface area contributed by atoms with Gasteiger partial charge in [-0.05, 0) is 42.8 Å². The highest BCUT2D eigenvalue weighted by Crippen LogP contribution is 2.26. The number of nitriles is 1. The SMILES string of the molecule is COc1cc(C#N)ccc1NC(=O)c1cc(C)cc(Cl)c1. The second-order valence-electron chi connectivity index (χ2n) is 4.50. The summed E-state index contributed by atoms with van der Waals surface area (Å²) in [5.41, 5.74) is 2.33. The molecular weight excluding hydrogens is 288 g/mol. The third-order valence-electron chi connectivity index (χ3n) is 2.88. The Morgan fingerprint density at radius 2 is 2.05 bits per heavy atom. The molecule has 21 heavy (non-hydrogen) atoms. The lowest BCUT2D eigenvalue weighted by Crippen LogP contribution is -2.13. The molecular formula is C16H13ClN2O2. The number of ether oxygens (including phenoxy) is 1. The zero-order valence-corrected chi connectivity index (χ0v) is 12.4. The van der Waals surface area contributed by atoms with Gasteiger partial charge in [-0.2, -0.15) is 5.26 Å². The Morgan fingerprint density at radius 3 is 2.67 bits per heavy atom. The summed E-state index contributed by atoms with van der Waals surface area (Å²) in [6, 6.07) is 12.0. The van der Waals surface area contributed by atoms with Crippen molar-refractivity contribution < 1.29 is 9.53 Å². The number of aryl methyl sites for hydroxylation is 1. The molecule has 1 N–H and O–H groups in total. The normalized spacial score (nSPS) is 9.81. The van der Waals surface area contributed by atoms with Gasteiger partial charge in [0.1, 0.15) is 5.75 Å². The molecule has 4 nitrogen and oxygen atoms in total. The summed E-state index contributed by atoms with van der Waals surface area (Å²) in [6.45, 7) is 1.87. The lowest BCUT2D eigenvalue weighted by atomic mass is 10.1. The first-order chi connectivity index (χ1) is 10.0. The van der Waals surface area contributed by atoms with Gasteiger partial charge >= 0.3 is 0 Å². The summed E-state index contributed by atoms with van der Waals surface area (Å²) in [4.78, 5) is 12.3. The maximum absolute atomic E-state index is 12.3. The first-order valence-electron chi connectivity index (χ1n) is 6.20. The molecule has 1 amide bonds. The molecule has 0 aliphatic carbocycles. The Bertz CT molecular complexity index is 715. The maximum Gasteiger partial charge on any atom is 0.255 e. The fourth-order valence-corrected chi connectivity index (χ4v) is 2.22. The highest BCUT2D eigenvalue weighted by molar-refractivity contribution is 6.31. The van der Waals surface area contributed by atoms with Crippen molar-refractivity contribution in [1.29, 1.82) is 5.26 Å². The van der Waals surface area contributed by atoms with Crippen molar-refractivity contribution in [2.75, 3.05) is 12.4 Å². The average molecular weight is 301 g/mol. The zero-order valence-electron chi connectivity index (χ0n) is 11.6. The first-order valence-corrected chi connectivity index (χ1v) is 6.58. The lowest BCUT2D eigenvalue weighted by molar-refractivity contribution is 0.102. The van der Waals surface area contributed by atoms with Gasteiger partial charge in [0, 0.05) is 16.7 Å². The van der Waals surface area contributed by atoms with Gasteiger partial charge in [-0.3, -0.25) is 4.79 Å². The summed E-state index contributed by atoms with van der Waals surface area (Å²) < 4.78 is 5.18. The van der Waals surface area contributed by atoms with Crippen LogP contribution in [0.4, 0.5) is 5.69 Å². The number of hydrogen-bond donors (Lipinski definition) is 1. The number of methoxy groups -OCH3 is 1. The van der Waals surface area contributed by atoms with E-state index in [4.69, 9.17) is 21.6 Å². The molecule has 0 fully saturated rings. The van der Waals surface area contributed by atoms with Gasteiger partial charge in [-0.15, -0.1) is 0 Å². The number of halogens is 1. The Labute approximate surface area is 127 Å². The highest BCUT2D eigenvalue weighted by Gasteiger charge is 2.11. The second-order valence-corrected chi connectivity index (χ2v) is 4.93. The predicted octanol–water partition coefficient (Wildman–Crippen LogP) is 3.78. The number of hydrogen-bond acceptors (Lipinski definition) is 3. The van der Waals surface area contributed by atoms with Crippen molar-refractivity contribution in [3.8, 4) is 11.8 Å². The molecule has 0 spiro atoms. The molecule has 0 unspecified atom stereocenters. The molecule has 2 aromatic carbocycles. The summed E-state index contributed by atoms with van der Waals surface area (Å²) in [5, 5.41) is 12.1. The van der Waals surface area contributed by atoms with E-state index in [0.29, 0.717) is 27.6 Å². The molecule has 0 saturated heterocycles. The van der Waals surface area contributed by atoms with Crippen LogP contribution in [0.25, 0.3) is 0 Å². The van der Waals surface area contributed by atoms with E-state index >= 15 is 0 Å². The monoisotopic (exact) mass is 300 g/mol. The third kappa shape index (κ3) is 3.53. The summed E-state index contributed by atoms with van der Waals surface area (Å²) in [6.07, 6.45) is 0. The number of nitrogens with one attached hydrogen (secondary N) is 1. The highest BCUT2D eigenvalue weighted by atomic mass is 35.5. The quantitative estimate of drug-likeness (QED) is 0.938. The van der Waals surface area contributed by atoms with Crippen LogP contribution in [0.3, 0.4) is 0 Å². The fourth-order valence-electron chi connectivity index (χ4n) is 1.93. The van der Waals surface area contributed by atoms with Crippen molar-refractivity contribution in [1.82, 2.24) is 0 Å². The van der Waals surface area contributed by atoms with Crippen LogP contribution >= 0.6 is 11.6 Å². The minimum Gasteiger partial charge on any atom is -0.495 e. The minimum atomic E-state index is -0.288. The Kier molecular flexibility index (Phi) is 4.46. The molecule has 0 aromatic heterocycles. The van der Waals surface area contributed by atoms with Crippen LogP contribution in [0, 0.1) is 18.3 Å². The number of nitrogens with zero attached hydrogens (tertiary/aromatic N) is 1. The van der Waals surface area contributed by atoms with E-state index in [1.807, 2.05) is 13.0 Å². The maximum atomic E-state index is 12.3. The van der Waals surface area contributed by atoms with Crippen LogP contribution in [-0.2, 0) is 0 Å². The molecule has 2 rings (SSSR count). The number of amides is 1. The van der Waals surface area contributed by atoms with Crippen LogP contribution in [0.15, 0.2) is 36.4 Å². The van der Waals surface area contributed by atoms with Crippen molar-refractivity contribution >= 4 is 23.2 Å². The molecule has 0 bridgehead atoms. The first kappa shape index (κ1) is 14.9. The minimum absolute atomic E-state index is 0.288. The Morgan fingerprint density at radius 1 is 1.29 bits per heavy atom. The van der Waals surface area contributed by atoms with E-state index in [9.17, 15) is 4.79 Å². The van der Waals surface area contributed by atoms with Crippen LogP contribution in [0.1, 0.15) is 21.5 Å². The standard InChI is InChI=1S/C16H13ClN2O2/c1-10-5-12(8-13(17)6-10)16(20)19-14-4-3-11(9-18)7-15(14)21-2/h3-8H,1-2H3,(H,19,20). The van der Waals surface area contributed by atoms with Gasteiger partial charge in [-0.25, -0.2) is 0 Å². The predicted molar refractivity (Wildman–Crippen MR) is 81.9 cm³/mol. The molecule has 0 atom stereocenters. The van der Waals surface area contributed by atoms with Crippen LogP contribution in [0.2, 0.25) is 5.02 Å². The average Bonchev–Trinajstić information content (AvgIpc) is 2.46. The van der Waals surface area contributed by atoms with E-state index in [0.717, 1.165) is 5.56 Å². The van der Waals surface area contributed by atoms with Gasteiger partial charge in [0.2, 0.25) is 0 Å². The van der Waals surface area contributed by atoms with Gasteiger partial charge in [0.25, 0.3) is 5.91 Å². The Hall–Kier alpha value is -2.51. The summed E-state index contributed by atoms with van der Waals surface area (Å²) >= 11 is 5.95. The van der Waals surface area contributed by atoms with Crippen LogP contribution in [0.5, 0.6) is 5.75 Å². The van der Waals surface area contributed by atoms with Gasteiger partial charge in [0.15, 0.2) is 0 Å². The molecule has 106 valence electrons. The molecule has 0 radical (unpaired) electrons. The van der Waals surface area contributed by atoms with Crippen LogP contribution in [-0.4, -0.2) is 13.0 Å². The van der Waals surface area contributed by atoms with Gasteiger partial charge < -0.3 is 10.1 Å². The molecule has 0 aliphatic heterocycles. The molecule has 0 aliphatic rings. The lowest BCUT2D eigenvalue weighted by Gasteiger charge is -2.11. The van der Waals surface area contributed by atoms with Gasteiger partial charge in [0.05, 0.1) is 24.4 Å².